The lowest BCUT2D eigenvalue weighted by molar-refractivity contribution is -0.384. The van der Waals surface area contributed by atoms with Gasteiger partial charge in [-0.3, -0.25) is 10.1 Å². The van der Waals surface area contributed by atoms with Crippen LogP contribution in [0.2, 0.25) is 5.02 Å². The third kappa shape index (κ3) is 3.10. The smallest absolute Gasteiger partial charge is 0.288 e. The second-order valence-corrected chi connectivity index (χ2v) is 5.65. The number of imidazole rings is 1. The first-order valence-electron chi connectivity index (χ1n) is 7.05. The van der Waals surface area contributed by atoms with Crippen molar-refractivity contribution in [1.29, 1.82) is 0 Å². The van der Waals surface area contributed by atoms with Gasteiger partial charge in [0.2, 0.25) is 0 Å². The molecule has 6 heteroatoms. The fourth-order valence-corrected chi connectivity index (χ4v) is 2.78. The molecule has 23 heavy (non-hydrogen) atoms. The van der Waals surface area contributed by atoms with Crippen LogP contribution in [0.15, 0.2) is 61.1 Å². The standard InChI is InChI=1S/C17H14ClN3O2/c1-12-10-20(11-19-12)17(13-5-3-2-4-6-13)14-7-8-15(18)16(9-14)21(22)23/h2-11,17H,1H3. The molecule has 0 bridgehead atoms. The summed E-state index contributed by atoms with van der Waals surface area (Å²) in [7, 11) is 0. The normalized spacial score (nSPS) is 12.1. The van der Waals surface area contributed by atoms with Gasteiger partial charge in [0, 0.05) is 12.3 Å². The van der Waals surface area contributed by atoms with Crippen LogP contribution in [0.5, 0.6) is 0 Å². The summed E-state index contributed by atoms with van der Waals surface area (Å²) in [6.07, 6.45) is 3.64. The van der Waals surface area contributed by atoms with Crippen molar-refractivity contribution in [3.63, 3.8) is 0 Å². The zero-order valence-electron chi connectivity index (χ0n) is 12.4. The van der Waals surface area contributed by atoms with E-state index in [1.807, 2.05) is 54.1 Å². The SMILES string of the molecule is Cc1cn(C(c2ccccc2)c2ccc(Cl)c([N+](=O)[O-])c2)cn1. The lowest BCUT2D eigenvalue weighted by atomic mass is 9.98. The summed E-state index contributed by atoms with van der Waals surface area (Å²) in [6, 6.07) is 14.5. The van der Waals surface area contributed by atoms with Crippen molar-refractivity contribution >= 4 is 17.3 Å². The fraction of sp³-hybridized carbons (Fsp3) is 0.118. The van der Waals surface area contributed by atoms with Gasteiger partial charge in [-0.1, -0.05) is 48.0 Å². The van der Waals surface area contributed by atoms with Crippen LogP contribution in [-0.4, -0.2) is 14.5 Å². The van der Waals surface area contributed by atoms with Crippen LogP contribution in [0, 0.1) is 17.0 Å². The second kappa shape index (κ2) is 6.22. The fourth-order valence-electron chi connectivity index (χ4n) is 2.59. The maximum absolute atomic E-state index is 11.2. The average molecular weight is 328 g/mol. The van der Waals surface area contributed by atoms with E-state index >= 15 is 0 Å². The summed E-state index contributed by atoms with van der Waals surface area (Å²) in [5, 5.41) is 11.3. The number of nitro groups is 1. The summed E-state index contributed by atoms with van der Waals surface area (Å²) in [5.74, 6) is 0. The van der Waals surface area contributed by atoms with E-state index in [0.717, 1.165) is 16.8 Å². The molecule has 0 N–H and O–H groups in total. The molecule has 116 valence electrons. The molecule has 3 rings (SSSR count). The summed E-state index contributed by atoms with van der Waals surface area (Å²) >= 11 is 5.93. The third-order valence-corrected chi connectivity index (χ3v) is 3.95. The third-order valence-electron chi connectivity index (χ3n) is 3.63. The highest BCUT2D eigenvalue weighted by Gasteiger charge is 2.21. The molecule has 0 aliphatic rings. The van der Waals surface area contributed by atoms with E-state index in [4.69, 9.17) is 11.6 Å². The van der Waals surface area contributed by atoms with Crippen molar-refractivity contribution in [3.05, 3.63) is 93.0 Å². The highest BCUT2D eigenvalue weighted by atomic mass is 35.5. The van der Waals surface area contributed by atoms with Gasteiger partial charge in [0.25, 0.3) is 5.69 Å². The Balaban J connectivity index is 2.16. The summed E-state index contributed by atoms with van der Waals surface area (Å²) in [4.78, 5) is 15.0. The van der Waals surface area contributed by atoms with Crippen LogP contribution in [-0.2, 0) is 0 Å². The van der Waals surface area contributed by atoms with Crippen molar-refractivity contribution in [2.45, 2.75) is 13.0 Å². The van der Waals surface area contributed by atoms with Crippen molar-refractivity contribution in [1.82, 2.24) is 9.55 Å². The lowest BCUT2D eigenvalue weighted by Gasteiger charge is -2.19. The molecular weight excluding hydrogens is 314 g/mol. The molecule has 0 saturated heterocycles. The van der Waals surface area contributed by atoms with E-state index in [2.05, 4.69) is 4.98 Å². The number of hydrogen-bond acceptors (Lipinski definition) is 3. The first-order valence-corrected chi connectivity index (χ1v) is 7.43. The van der Waals surface area contributed by atoms with Crippen LogP contribution in [0.1, 0.15) is 22.9 Å². The molecule has 0 saturated carbocycles. The van der Waals surface area contributed by atoms with E-state index in [1.54, 1.807) is 12.4 Å². The number of hydrogen-bond donors (Lipinski definition) is 0. The molecule has 1 atom stereocenters. The Morgan fingerprint density at radius 1 is 1.17 bits per heavy atom. The summed E-state index contributed by atoms with van der Waals surface area (Å²) in [5.41, 5.74) is 2.59. The van der Waals surface area contributed by atoms with Gasteiger partial charge < -0.3 is 4.57 Å². The number of halogens is 1. The van der Waals surface area contributed by atoms with Crippen LogP contribution < -0.4 is 0 Å². The van der Waals surface area contributed by atoms with Crippen molar-refractivity contribution < 1.29 is 4.92 Å². The van der Waals surface area contributed by atoms with Gasteiger partial charge in [-0.15, -0.1) is 0 Å². The molecule has 0 aliphatic heterocycles. The van der Waals surface area contributed by atoms with Gasteiger partial charge in [-0.25, -0.2) is 4.98 Å². The molecule has 2 aromatic carbocycles. The molecule has 0 amide bonds. The van der Waals surface area contributed by atoms with Gasteiger partial charge in [-0.2, -0.15) is 0 Å². The zero-order chi connectivity index (χ0) is 16.4. The van der Waals surface area contributed by atoms with Crippen molar-refractivity contribution in [2.75, 3.05) is 0 Å². The predicted octanol–water partition coefficient (Wildman–Crippen LogP) is 4.39. The highest BCUT2D eigenvalue weighted by Crippen LogP contribution is 2.32. The van der Waals surface area contributed by atoms with E-state index < -0.39 is 4.92 Å². The molecule has 3 aromatic rings. The number of nitro benzene ring substituents is 1. The quantitative estimate of drug-likeness (QED) is 0.527. The Bertz CT molecular complexity index is 846. The molecule has 0 radical (unpaired) electrons. The Labute approximate surface area is 138 Å². The minimum atomic E-state index is -0.465. The molecule has 0 spiro atoms. The monoisotopic (exact) mass is 327 g/mol. The molecule has 5 nitrogen and oxygen atoms in total. The second-order valence-electron chi connectivity index (χ2n) is 5.24. The maximum atomic E-state index is 11.2. The van der Waals surface area contributed by atoms with E-state index in [-0.39, 0.29) is 16.8 Å². The van der Waals surface area contributed by atoms with Gasteiger partial charge in [0.15, 0.2) is 0 Å². The van der Waals surface area contributed by atoms with Gasteiger partial charge in [-0.05, 0) is 24.1 Å². The lowest BCUT2D eigenvalue weighted by Crippen LogP contribution is -2.11. The Hall–Kier alpha value is -2.66. The molecule has 0 aliphatic carbocycles. The van der Waals surface area contributed by atoms with Crippen LogP contribution in [0.3, 0.4) is 0 Å². The van der Waals surface area contributed by atoms with Gasteiger partial charge in [0.1, 0.15) is 5.02 Å². The first kappa shape index (κ1) is 15.2. The Kier molecular flexibility index (Phi) is 4.12. The minimum Gasteiger partial charge on any atom is -0.326 e. The molecule has 1 heterocycles. The maximum Gasteiger partial charge on any atom is 0.288 e. The summed E-state index contributed by atoms with van der Waals surface area (Å²) < 4.78 is 1.94. The highest BCUT2D eigenvalue weighted by molar-refractivity contribution is 6.32. The van der Waals surface area contributed by atoms with Crippen LogP contribution >= 0.6 is 11.6 Å². The molecular formula is C17H14ClN3O2. The van der Waals surface area contributed by atoms with Crippen LogP contribution in [0.4, 0.5) is 5.69 Å². The minimum absolute atomic E-state index is 0.0954. The number of rotatable bonds is 4. The molecule has 0 fully saturated rings. The van der Waals surface area contributed by atoms with Gasteiger partial charge >= 0.3 is 0 Å². The molecule has 1 unspecified atom stereocenters. The predicted molar refractivity (Wildman–Crippen MR) is 88.8 cm³/mol. The Morgan fingerprint density at radius 3 is 2.52 bits per heavy atom. The first-order chi connectivity index (χ1) is 11.1. The number of nitrogens with zero attached hydrogens (tertiary/aromatic N) is 3. The van der Waals surface area contributed by atoms with Gasteiger partial charge in [0.05, 0.1) is 23.0 Å². The van der Waals surface area contributed by atoms with E-state index in [0.29, 0.717) is 0 Å². The van der Waals surface area contributed by atoms with Crippen molar-refractivity contribution in [2.24, 2.45) is 0 Å². The van der Waals surface area contributed by atoms with E-state index in [9.17, 15) is 10.1 Å². The topological polar surface area (TPSA) is 61.0 Å². The Morgan fingerprint density at radius 2 is 1.91 bits per heavy atom. The number of aromatic nitrogens is 2. The average Bonchev–Trinajstić information content (AvgIpc) is 2.96. The van der Waals surface area contributed by atoms with E-state index in [1.165, 1.54) is 6.07 Å². The van der Waals surface area contributed by atoms with Crippen LogP contribution in [0.25, 0.3) is 0 Å². The summed E-state index contributed by atoms with van der Waals surface area (Å²) in [6.45, 7) is 1.91. The molecule has 1 aromatic heterocycles. The zero-order valence-corrected chi connectivity index (χ0v) is 13.1. The largest absolute Gasteiger partial charge is 0.326 e. The van der Waals surface area contributed by atoms with Crippen molar-refractivity contribution in [3.8, 4) is 0 Å². The number of aryl methyl sites for hydroxylation is 1. The number of benzene rings is 2.